The van der Waals surface area contributed by atoms with E-state index in [9.17, 15) is 8.76 Å². The second-order valence-corrected chi connectivity index (χ2v) is 14.6. The molecule has 0 saturated carbocycles. The van der Waals surface area contributed by atoms with Gasteiger partial charge in [-0.05, 0) is 102 Å². The van der Waals surface area contributed by atoms with Crippen LogP contribution in [0.25, 0.3) is 20.9 Å². The second kappa shape index (κ2) is 13.2. The van der Waals surface area contributed by atoms with Crippen LogP contribution in [-0.2, 0) is 27.7 Å². The van der Waals surface area contributed by atoms with Crippen LogP contribution in [-0.4, -0.2) is 39.5 Å². The van der Waals surface area contributed by atoms with E-state index in [1.807, 2.05) is 42.5 Å². The smallest absolute Gasteiger partial charge is 0.320 e. The van der Waals surface area contributed by atoms with Crippen molar-refractivity contribution < 1.29 is 13.2 Å². The molecule has 1 N–H and O–H groups in total. The summed E-state index contributed by atoms with van der Waals surface area (Å²) in [4.78, 5) is 0.472. The number of hydrogen-bond acceptors (Lipinski definition) is 2. The molecule has 42 heavy (non-hydrogen) atoms. The van der Waals surface area contributed by atoms with Crippen molar-refractivity contribution in [2.45, 2.75) is 58.5 Å². The van der Waals surface area contributed by atoms with Gasteiger partial charge in [0.05, 0.1) is 26.2 Å². The highest BCUT2D eigenvalue weighted by molar-refractivity contribution is 7.95. The minimum absolute atomic E-state index is 0.429. The van der Waals surface area contributed by atoms with E-state index in [-0.39, 0.29) is 0 Å². The number of aryl methyl sites for hydroxylation is 2. The lowest BCUT2D eigenvalue weighted by Gasteiger charge is -2.37. The average molecular weight is 601 g/mol. The van der Waals surface area contributed by atoms with Gasteiger partial charge in [-0.15, -0.1) is 11.3 Å². The highest BCUT2D eigenvalue weighted by Gasteiger charge is 2.38. The largest absolute Gasteiger partial charge is 0.326 e. The normalized spacial score (nSPS) is 13.7. The summed E-state index contributed by atoms with van der Waals surface area (Å²) in [7, 11) is -3.43. The topological polar surface area (TPSA) is 40.5 Å². The average Bonchev–Trinajstić information content (AvgIpc) is 3.45. The number of nitrogens with zero attached hydrogens (tertiary/aromatic N) is 2. The maximum Gasteiger partial charge on any atom is 0.326 e. The van der Waals surface area contributed by atoms with Crippen LogP contribution in [0, 0.1) is 13.8 Å². The van der Waals surface area contributed by atoms with Crippen molar-refractivity contribution in [3.05, 3.63) is 113 Å². The number of unbranched alkanes of at least 4 members (excludes halogenated alkanes) is 1. The van der Waals surface area contributed by atoms with Crippen LogP contribution in [0.4, 0.5) is 0 Å². The fraction of sp³-hybridized carbons (Fsp3) is 0.333. The first-order valence-corrected chi connectivity index (χ1v) is 17.5. The van der Waals surface area contributed by atoms with Crippen LogP contribution in [0.1, 0.15) is 48.9 Å². The third kappa shape index (κ3) is 7.01. The Labute approximate surface area is 256 Å². The Morgan fingerprint density at radius 2 is 1.52 bits per heavy atom. The molecule has 0 aliphatic carbocycles. The SMILES string of the molecule is CC[N+](CC)(CCCCN(Cc1ccc2sccc2c1)[S+](=O)(O)c1ccc2ccccc2c1)Cc1cc(C)cc(C)c1. The number of hydrogen-bond donors (Lipinski definition) is 1. The van der Waals surface area contributed by atoms with E-state index < -0.39 is 10.4 Å². The highest BCUT2D eigenvalue weighted by Crippen LogP contribution is 2.29. The fourth-order valence-electron chi connectivity index (χ4n) is 6.22. The van der Waals surface area contributed by atoms with Gasteiger partial charge in [-0.1, -0.05) is 64.0 Å². The van der Waals surface area contributed by atoms with Gasteiger partial charge in [0.25, 0.3) is 0 Å². The van der Waals surface area contributed by atoms with Crippen LogP contribution in [0.5, 0.6) is 0 Å². The van der Waals surface area contributed by atoms with E-state index in [0.29, 0.717) is 18.0 Å². The summed E-state index contributed by atoms with van der Waals surface area (Å²) in [6.07, 6.45) is 1.86. The first-order chi connectivity index (χ1) is 20.2. The van der Waals surface area contributed by atoms with Crippen LogP contribution in [0.2, 0.25) is 0 Å². The summed E-state index contributed by atoms with van der Waals surface area (Å²) in [5.74, 6) is 0. The van der Waals surface area contributed by atoms with Crippen LogP contribution in [0.15, 0.2) is 95.2 Å². The third-order valence-electron chi connectivity index (χ3n) is 8.68. The Bertz CT molecular complexity index is 1690. The summed E-state index contributed by atoms with van der Waals surface area (Å²) in [5, 5.41) is 5.34. The molecule has 4 nitrogen and oxygen atoms in total. The summed E-state index contributed by atoms with van der Waals surface area (Å²) in [6.45, 7) is 14.1. The zero-order valence-corrected chi connectivity index (χ0v) is 27.0. The zero-order chi connectivity index (χ0) is 29.7. The van der Waals surface area contributed by atoms with Crippen molar-refractivity contribution in [3.8, 4) is 0 Å². The number of thiophene rings is 1. The molecule has 1 unspecified atom stereocenters. The summed E-state index contributed by atoms with van der Waals surface area (Å²) < 4.78 is 30.0. The Balaban J connectivity index is 1.35. The molecule has 0 radical (unpaired) electrons. The van der Waals surface area contributed by atoms with E-state index in [1.165, 1.54) is 26.8 Å². The minimum atomic E-state index is -3.43. The van der Waals surface area contributed by atoms with Crippen LogP contribution >= 0.6 is 11.3 Å². The molecule has 220 valence electrons. The Morgan fingerprint density at radius 3 is 2.26 bits per heavy atom. The lowest BCUT2D eigenvalue weighted by atomic mass is 10.1. The monoisotopic (exact) mass is 600 g/mol. The van der Waals surface area contributed by atoms with Gasteiger partial charge in [0.1, 0.15) is 6.54 Å². The predicted molar refractivity (Wildman–Crippen MR) is 180 cm³/mol. The number of fused-ring (bicyclic) bond motifs is 2. The molecule has 0 amide bonds. The molecule has 0 aliphatic rings. The van der Waals surface area contributed by atoms with E-state index in [2.05, 4.69) is 75.5 Å². The van der Waals surface area contributed by atoms with E-state index >= 15 is 0 Å². The van der Waals surface area contributed by atoms with Crippen molar-refractivity contribution in [2.24, 2.45) is 0 Å². The molecule has 0 fully saturated rings. The molecule has 1 aromatic heterocycles. The van der Waals surface area contributed by atoms with Gasteiger partial charge < -0.3 is 4.48 Å². The van der Waals surface area contributed by atoms with Gasteiger partial charge in [0, 0.05) is 22.9 Å². The minimum Gasteiger partial charge on any atom is -0.320 e. The fourth-order valence-corrected chi connectivity index (χ4v) is 8.51. The van der Waals surface area contributed by atoms with Gasteiger partial charge in [0.15, 0.2) is 0 Å². The molecule has 0 aliphatic heterocycles. The van der Waals surface area contributed by atoms with Gasteiger partial charge in [-0.2, -0.15) is 4.55 Å². The van der Waals surface area contributed by atoms with E-state index in [0.717, 1.165) is 59.8 Å². The lowest BCUT2D eigenvalue weighted by molar-refractivity contribution is -0.938. The quantitative estimate of drug-likeness (QED) is 0.0831. The van der Waals surface area contributed by atoms with Crippen molar-refractivity contribution in [1.82, 2.24) is 4.31 Å². The van der Waals surface area contributed by atoms with Crippen molar-refractivity contribution in [1.29, 1.82) is 0 Å². The summed E-state index contributed by atoms with van der Waals surface area (Å²) in [5.41, 5.74) is 5.10. The Kier molecular flexibility index (Phi) is 9.60. The maximum absolute atomic E-state index is 14.2. The van der Waals surface area contributed by atoms with E-state index in [1.54, 1.807) is 15.6 Å². The summed E-state index contributed by atoms with van der Waals surface area (Å²) in [6, 6.07) is 29.1. The number of rotatable bonds is 13. The standard InChI is InChI=1S/C36H43N2O2S2/c1-5-38(6-2,27-31-22-28(3)21-29(4)23-31)19-10-9-18-37(26-30-13-16-36-34(24-30)17-20-41-36)42(39,40)35-15-14-32-11-7-8-12-33(32)25-35/h7-8,11-17,20-25H,5-6,9-10,18-19,26-27H2,1-4H3/q+1/p+1. The van der Waals surface area contributed by atoms with E-state index in [4.69, 9.17) is 0 Å². The van der Waals surface area contributed by atoms with Gasteiger partial charge >= 0.3 is 10.4 Å². The van der Waals surface area contributed by atoms with Crippen molar-refractivity contribution in [3.63, 3.8) is 0 Å². The Hall–Kier alpha value is -2.87. The van der Waals surface area contributed by atoms with Crippen LogP contribution < -0.4 is 0 Å². The summed E-state index contributed by atoms with van der Waals surface area (Å²) >= 11 is 1.72. The third-order valence-corrected chi connectivity index (χ3v) is 11.5. The number of benzene rings is 4. The molecule has 0 bridgehead atoms. The van der Waals surface area contributed by atoms with Gasteiger partial charge in [0.2, 0.25) is 4.90 Å². The molecular formula is C36H44N2O2S2+2. The molecular weight excluding hydrogens is 557 g/mol. The number of quaternary nitrogens is 1. The second-order valence-electron chi connectivity index (χ2n) is 11.7. The molecule has 0 saturated heterocycles. The first-order valence-electron chi connectivity index (χ1n) is 15.1. The van der Waals surface area contributed by atoms with Gasteiger partial charge in [-0.3, -0.25) is 0 Å². The molecule has 1 heterocycles. The van der Waals surface area contributed by atoms with Crippen molar-refractivity contribution in [2.75, 3.05) is 26.2 Å². The molecule has 4 aromatic carbocycles. The molecule has 5 aromatic rings. The van der Waals surface area contributed by atoms with Crippen LogP contribution in [0.3, 0.4) is 0 Å². The Morgan fingerprint density at radius 1 is 0.786 bits per heavy atom. The molecule has 1 atom stereocenters. The molecule has 0 spiro atoms. The first kappa shape index (κ1) is 30.6. The van der Waals surface area contributed by atoms with Gasteiger partial charge in [-0.25, -0.2) is 0 Å². The predicted octanol–water partition coefficient (Wildman–Crippen LogP) is 9.26. The molecule has 6 heteroatoms. The van der Waals surface area contributed by atoms with Crippen molar-refractivity contribution >= 4 is 42.6 Å². The zero-order valence-electron chi connectivity index (χ0n) is 25.4. The lowest BCUT2D eigenvalue weighted by Crippen LogP contribution is -2.47. The maximum atomic E-state index is 14.2. The molecule has 5 rings (SSSR count). The highest BCUT2D eigenvalue weighted by atomic mass is 32.3.